The van der Waals surface area contributed by atoms with E-state index in [4.69, 9.17) is 21.4 Å². The van der Waals surface area contributed by atoms with Crippen LogP contribution in [0.15, 0.2) is 18.2 Å². The number of nitrogens with one attached hydrogen (secondary N) is 1. The highest BCUT2D eigenvalue weighted by Crippen LogP contribution is 2.26. The molecule has 1 aromatic carbocycles. The molecule has 5 nitrogen and oxygen atoms in total. The first kappa shape index (κ1) is 18.3. The van der Waals surface area contributed by atoms with Crippen LogP contribution in [0.4, 0.5) is 0 Å². The molecule has 2 N–H and O–H groups in total. The first-order valence-corrected chi connectivity index (χ1v) is 7.38. The van der Waals surface area contributed by atoms with Crippen LogP contribution in [0, 0.1) is 11.3 Å². The molecular weight excluding hydrogens is 306 g/mol. The Labute approximate surface area is 135 Å². The molecule has 1 aromatic rings. The fourth-order valence-corrected chi connectivity index (χ4v) is 2.12. The van der Waals surface area contributed by atoms with Crippen molar-refractivity contribution in [3.05, 3.63) is 28.8 Å². The summed E-state index contributed by atoms with van der Waals surface area (Å²) < 4.78 is 5.08. The second-order valence-corrected chi connectivity index (χ2v) is 6.39. The molecular formula is C16H22ClNO4. The maximum absolute atomic E-state index is 12.1. The SMILES string of the molecule is COc1ccc(C[C@@H](C)C(=O)NCC(C)(C)C(=O)O)cc1Cl. The van der Waals surface area contributed by atoms with E-state index in [2.05, 4.69) is 5.32 Å². The summed E-state index contributed by atoms with van der Waals surface area (Å²) in [6.45, 7) is 5.03. The number of hydrogen-bond donors (Lipinski definition) is 2. The van der Waals surface area contributed by atoms with E-state index in [-0.39, 0.29) is 18.4 Å². The lowest BCUT2D eigenvalue weighted by molar-refractivity contribution is -0.146. The number of amides is 1. The Bertz CT molecular complexity index is 557. The minimum Gasteiger partial charge on any atom is -0.495 e. The van der Waals surface area contributed by atoms with Gasteiger partial charge in [-0.15, -0.1) is 0 Å². The number of aliphatic carboxylic acids is 1. The van der Waals surface area contributed by atoms with Crippen molar-refractivity contribution in [1.82, 2.24) is 5.32 Å². The zero-order valence-electron chi connectivity index (χ0n) is 13.3. The summed E-state index contributed by atoms with van der Waals surface area (Å²) >= 11 is 6.06. The van der Waals surface area contributed by atoms with Gasteiger partial charge in [-0.05, 0) is 38.0 Å². The molecule has 0 fully saturated rings. The van der Waals surface area contributed by atoms with Crippen LogP contribution in [0.25, 0.3) is 0 Å². The zero-order valence-corrected chi connectivity index (χ0v) is 14.0. The molecule has 0 unspecified atom stereocenters. The van der Waals surface area contributed by atoms with E-state index in [1.165, 1.54) is 0 Å². The second kappa shape index (κ2) is 7.49. The molecule has 0 bridgehead atoms. The third kappa shape index (κ3) is 4.91. The van der Waals surface area contributed by atoms with Crippen molar-refractivity contribution in [3.63, 3.8) is 0 Å². The first-order valence-electron chi connectivity index (χ1n) is 7.01. The van der Waals surface area contributed by atoms with E-state index in [1.807, 2.05) is 6.07 Å². The summed E-state index contributed by atoms with van der Waals surface area (Å²) in [4.78, 5) is 23.1. The van der Waals surface area contributed by atoms with Crippen LogP contribution in [0.5, 0.6) is 5.75 Å². The van der Waals surface area contributed by atoms with Crippen LogP contribution < -0.4 is 10.1 Å². The van der Waals surface area contributed by atoms with Crippen LogP contribution >= 0.6 is 11.6 Å². The maximum atomic E-state index is 12.1. The fraction of sp³-hybridized carbons (Fsp3) is 0.500. The lowest BCUT2D eigenvalue weighted by atomic mass is 9.93. The number of halogens is 1. The van der Waals surface area contributed by atoms with Crippen LogP contribution in [0.3, 0.4) is 0 Å². The highest BCUT2D eigenvalue weighted by atomic mass is 35.5. The number of carboxylic acid groups (broad SMARTS) is 1. The molecule has 22 heavy (non-hydrogen) atoms. The van der Waals surface area contributed by atoms with Crippen molar-refractivity contribution in [2.75, 3.05) is 13.7 Å². The van der Waals surface area contributed by atoms with Gasteiger partial charge in [0.1, 0.15) is 5.75 Å². The predicted molar refractivity (Wildman–Crippen MR) is 85.3 cm³/mol. The molecule has 1 atom stereocenters. The van der Waals surface area contributed by atoms with Gasteiger partial charge >= 0.3 is 5.97 Å². The highest BCUT2D eigenvalue weighted by Gasteiger charge is 2.28. The number of carbonyl (C=O) groups is 2. The Morgan fingerprint density at radius 1 is 1.41 bits per heavy atom. The molecule has 0 spiro atoms. The quantitative estimate of drug-likeness (QED) is 0.807. The van der Waals surface area contributed by atoms with Gasteiger partial charge in [-0.3, -0.25) is 9.59 Å². The number of hydrogen-bond acceptors (Lipinski definition) is 3. The molecule has 0 saturated heterocycles. The van der Waals surface area contributed by atoms with E-state index in [0.29, 0.717) is 17.2 Å². The van der Waals surface area contributed by atoms with Gasteiger partial charge in [0.25, 0.3) is 0 Å². The molecule has 1 amide bonds. The van der Waals surface area contributed by atoms with Crippen LogP contribution in [-0.4, -0.2) is 30.6 Å². The van der Waals surface area contributed by atoms with E-state index < -0.39 is 11.4 Å². The normalized spacial score (nSPS) is 12.6. The highest BCUT2D eigenvalue weighted by molar-refractivity contribution is 6.32. The second-order valence-electron chi connectivity index (χ2n) is 5.98. The first-order chi connectivity index (χ1) is 10.2. The largest absolute Gasteiger partial charge is 0.495 e. The number of methoxy groups -OCH3 is 1. The van der Waals surface area contributed by atoms with Crippen molar-refractivity contribution in [2.24, 2.45) is 11.3 Å². The fourth-order valence-electron chi connectivity index (χ4n) is 1.84. The van der Waals surface area contributed by atoms with Gasteiger partial charge in [0.2, 0.25) is 5.91 Å². The van der Waals surface area contributed by atoms with Gasteiger partial charge in [-0.25, -0.2) is 0 Å². The van der Waals surface area contributed by atoms with Crippen molar-refractivity contribution in [3.8, 4) is 5.75 Å². The summed E-state index contributed by atoms with van der Waals surface area (Å²) in [7, 11) is 1.54. The minimum absolute atomic E-state index is 0.0921. The lowest BCUT2D eigenvalue weighted by Crippen LogP contribution is -2.41. The number of rotatable bonds is 7. The third-order valence-electron chi connectivity index (χ3n) is 3.49. The van der Waals surface area contributed by atoms with Crippen molar-refractivity contribution >= 4 is 23.5 Å². The Morgan fingerprint density at radius 2 is 2.05 bits per heavy atom. The minimum atomic E-state index is -0.987. The summed E-state index contributed by atoms with van der Waals surface area (Å²) in [6, 6.07) is 5.39. The molecule has 0 heterocycles. The molecule has 0 aromatic heterocycles. The number of carbonyl (C=O) groups excluding carboxylic acids is 1. The van der Waals surface area contributed by atoms with Gasteiger partial charge in [0.15, 0.2) is 0 Å². The molecule has 6 heteroatoms. The third-order valence-corrected chi connectivity index (χ3v) is 3.78. The summed E-state index contributed by atoms with van der Waals surface area (Å²) in [6.07, 6.45) is 0.517. The zero-order chi connectivity index (χ0) is 16.9. The molecule has 0 aliphatic carbocycles. The van der Waals surface area contributed by atoms with Gasteiger partial charge in [0.05, 0.1) is 17.5 Å². The van der Waals surface area contributed by atoms with Crippen LogP contribution in [0.2, 0.25) is 5.02 Å². The maximum Gasteiger partial charge on any atom is 0.310 e. The van der Waals surface area contributed by atoms with Crippen molar-refractivity contribution < 1.29 is 19.4 Å². The summed E-state index contributed by atoms with van der Waals surface area (Å²) in [5.41, 5.74) is -0.0651. The molecule has 0 saturated carbocycles. The number of ether oxygens (including phenoxy) is 1. The standard InChI is InChI=1S/C16H22ClNO4/c1-10(14(19)18-9-16(2,3)15(20)21)7-11-5-6-13(22-4)12(17)8-11/h5-6,8,10H,7,9H2,1-4H3,(H,18,19)(H,20,21)/t10-/m1/s1. The Morgan fingerprint density at radius 3 is 2.55 bits per heavy atom. The molecule has 0 radical (unpaired) electrons. The van der Waals surface area contributed by atoms with Crippen LogP contribution in [0.1, 0.15) is 26.3 Å². The van der Waals surface area contributed by atoms with Gasteiger partial charge in [-0.2, -0.15) is 0 Å². The van der Waals surface area contributed by atoms with Gasteiger partial charge in [-0.1, -0.05) is 24.6 Å². The van der Waals surface area contributed by atoms with Gasteiger partial charge < -0.3 is 15.2 Å². The Kier molecular flexibility index (Phi) is 6.23. The number of carboxylic acids is 1. The lowest BCUT2D eigenvalue weighted by Gasteiger charge is -2.21. The average Bonchev–Trinajstić information content (AvgIpc) is 2.44. The van der Waals surface area contributed by atoms with E-state index in [0.717, 1.165) is 5.56 Å². The van der Waals surface area contributed by atoms with Gasteiger partial charge in [0, 0.05) is 12.5 Å². The van der Waals surface area contributed by atoms with E-state index >= 15 is 0 Å². The van der Waals surface area contributed by atoms with Crippen molar-refractivity contribution in [2.45, 2.75) is 27.2 Å². The Balaban J connectivity index is 2.61. The average molecular weight is 328 g/mol. The molecule has 0 aliphatic rings. The topological polar surface area (TPSA) is 75.6 Å². The summed E-state index contributed by atoms with van der Waals surface area (Å²) in [5, 5.41) is 12.2. The Hall–Kier alpha value is -1.75. The van der Waals surface area contributed by atoms with Crippen molar-refractivity contribution in [1.29, 1.82) is 0 Å². The smallest absolute Gasteiger partial charge is 0.310 e. The molecule has 122 valence electrons. The van der Waals surface area contributed by atoms with E-state index in [9.17, 15) is 9.59 Å². The number of benzene rings is 1. The monoisotopic (exact) mass is 327 g/mol. The van der Waals surface area contributed by atoms with E-state index in [1.54, 1.807) is 40.0 Å². The molecule has 1 rings (SSSR count). The van der Waals surface area contributed by atoms with Crippen LogP contribution in [-0.2, 0) is 16.0 Å². The molecule has 0 aliphatic heterocycles. The summed E-state index contributed by atoms with van der Waals surface area (Å²) in [5.74, 6) is -0.816. The predicted octanol–water partition coefficient (Wildman–Crippen LogP) is 2.75.